The van der Waals surface area contributed by atoms with Crippen molar-refractivity contribution in [1.29, 1.82) is 0 Å². The van der Waals surface area contributed by atoms with Crippen LogP contribution in [0.3, 0.4) is 0 Å². The van der Waals surface area contributed by atoms with Gasteiger partial charge < -0.3 is 0 Å². The molecule has 0 heterocycles. The van der Waals surface area contributed by atoms with Crippen LogP contribution in [0.1, 0.15) is 6.92 Å². The van der Waals surface area contributed by atoms with Gasteiger partial charge in [-0.25, -0.2) is 4.57 Å². The first-order chi connectivity index (χ1) is 6.18. The molecule has 0 aliphatic heterocycles. The molecule has 0 bridgehead atoms. The van der Waals surface area contributed by atoms with Crippen LogP contribution in [0.5, 0.6) is 0 Å². The SMILES string of the molecule is C#CCOP(=O)(C#CC)OCC#C. The molecule has 0 N–H and O–H groups in total. The first-order valence-electron chi connectivity index (χ1n) is 3.38. The highest BCUT2D eigenvalue weighted by molar-refractivity contribution is 7.59. The third kappa shape index (κ3) is 5.13. The molecule has 0 aliphatic carbocycles. The molecule has 0 rings (SSSR count). The normalized spacial score (nSPS) is 9.15. The molecule has 0 unspecified atom stereocenters. The van der Waals surface area contributed by atoms with E-state index in [0.717, 1.165) is 0 Å². The second kappa shape index (κ2) is 6.36. The van der Waals surface area contributed by atoms with Crippen molar-refractivity contribution in [3.05, 3.63) is 0 Å². The number of terminal acetylenes is 2. The summed E-state index contributed by atoms with van der Waals surface area (Å²) in [5.41, 5.74) is 2.30. The van der Waals surface area contributed by atoms with Crippen LogP contribution in [0.15, 0.2) is 0 Å². The van der Waals surface area contributed by atoms with E-state index in [1.54, 1.807) is 0 Å². The molecule has 13 heavy (non-hydrogen) atoms. The van der Waals surface area contributed by atoms with E-state index in [1.807, 2.05) is 0 Å². The lowest BCUT2D eigenvalue weighted by Gasteiger charge is -2.08. The summed E-state index contributed by atoms with van der Waals surface area (Å²) >= 11 is 0. The van der Waals surface area contributed by atoms with E-state index in [0.29, 0.717) is 0 Å². The van der Waals surface area contributed by atoms with E-state index in [-0.39, 0.29) is 13.2 Å². The molecule has 0 aliphatic rings. The van der Waals surface area contributed by atoms with Crippen molar-refractivity contribution in [2.75, 3.05) is 13.2 Å². The van der Waals surface area contributed by atoms with Crippen LogP contribution in [-0.2, 0) is 13.6 Å². The van der Waals surface area contributed by atoms with Gasteiger partial charge >= 0.3 is 7.60 Å². The summed E-state index contributed by atoms with van der Waals surface area (Å²) in [7, 11) is -3.40. The van der Waals surface area contributed by atoms with Crippen LogP contribution in [0.2, 0.25) is 0 Å². The van der Waals surface area contributed by atoms with Crippen molar-refractivity contribution < 1.29 is 13.6 Å². The number of rotatable bonds is 4. The van der Waals surface area contributed by atoms with Crippen molar-refractivity contribution in [2.24, 2.45) is 0 Å². The molecule has 0 saturated heterocycles. The highest BCUT2D eigenvalue weighted by Crippen LogP contribution is 2.46. The molecule has 0 saturated carbocycles. The predicted molar refractivity (Wildman–Crippen MR) is 50.6 cm³/mol. The molecule has 0 amide bonds. The smallest absolute Gasteiger partial charge is 0.286 e. The van der Waals surface area contributed by atoms with Crippen molar-refractivity contribution in [3.63, 3.8) is 0 Å². The topological polar surface area (TPSA) is 35.5 Å². The minimum absolute atomic E-state index is 0.115. The number of hydrogen-bond donors (Lipinski definition) is 0. The summed E-state index contributed by atoms with van der Waals surface area (Å²) in [5, 5.41) is 0. The quantitative estimate of drug-likeness (QED) is 0.504. The van der Waals surface area contributed by atoms with Gasteiger partial charge in [0.2, 0.25) is 0 Å². The zero-order valence-electron chi connectivity index (χ0n) is 7.24. The van der Waals surface area contributed by atoms with Crippen molar-refractivity contribution in [2.45, 2.75) is 6.92 Å². The van der Waals surface area contributed by atoms with Crippen molar-refractivity contribution in [3.8, 4) is 36.3 Å². The summed E-state index contributed by atoms with van der Waals surface area (Å²) in [6.07, 6.45) is 9.84. The maximum atomic E-state index is 11.5. The Hall–Kier alpha value is -1.17. The van der Waals surface area contributed by atoms with Crippen LogP contribution >= 0.6 is 7.60 Å². The average molecular weight is 196 g/mol. The Morgan fingerprint density at radius 2 is 1.69 bits per heavy atom. The van der Waals surface area contributed by atoms with Crippen molar-refractivity contribution in [1.82, 2.24) is 0 Å². The van der Waals surface area contributed by atoms with Crippen LogP contribution in [-0.4, -0.2) is 13.2 Å². The molecular formula is C9H9O3P. The fourth-order valence-corrected chi connectivity index (χ4v) is 1.45. The summed E-state index contributed by atoms with van der Waals surface area (Å²) in [6, 6.07) is 0. The second-order valence-electron chi connectivity index (χ2n) is 1.81. The largest absolute Gasteiger partial charge is 0.407 e. The van der Waals surface area contributed by atoms with Gasteiger partial charge in [0.05, 0.1) is 0 Å². The third-order valence-electron chi connectivity index (χ3n) is 0.884. The zero-order valence-corrected chi connectivity index (χ0v) is 8.14. The highest BCUT2D eigenvalue weighted by Gasteiger charge is 2.20. The van der Waals surface area contributed by atoms with E-state index in [1.165, 1.54) is 6.92 Å². The lowest BCUT2D eigenvalue weighted by Crippen LogP contribution is -1.94. The molecule has 3 nitrogen and oxygen atoms in total. The van der Waals surface area contributed by atoms with Gasteiger partial charge in [-0.2, -0.15) is 0 Å². The Morgan fingerprint density at radius 3 is 2.00 bits per heavy atom. The minimum atomic E-state index is -3.40. The van der Waals surface area contributed by atoms with E-state index in [4.69, 9.17) is 21.9 Å². The highest BCUT2D eigenvalue weighted by atomic mass is 31.2. The molecule has 0 aromatic heterocycles. The maximum absolute atomic E-state index is 11.5. The zero-order chi connectivity index (χ0) is 10.2. The van der Waals surface area contributed by atoms with Crippen LogP contribution in [0.25, 0.3) is 0 Å². The van der Waals surface area contributed by atoms with Crippen LogP contribution in [0, 0.1) is 36.3 Å². The molecule has 0 aromatic rings. The summed E-state index contributed by atoms with van der Waals surface area (Å²) in [5.74, 6) is 6.75. The molecule has 68 valence electrons. The van der Waals surface area contributed by atoms with Crippen molar-refractivity contribution >= 4 is 7.60 Å². The van der Waals surface area contributed by atoms with Gasteiger partial charge in [-0.05, 0) is 6.92 Å². The van der Waals surface area contributed by atoms with Gasteiger partial charge in [0.25, 0.3) is 0 Å². The molecule has 0 aromatic carbocycles. The van der Waals surface area contributed by atoms with Gasteiger partial charge in [-0.15, -0.1) is 12.8 Å². The Kier molecular flexibility index (Phi) is 5.79. The molecule has 0 atom stereocenters. The predicted octanol–water partition coefficient (Wildman–Crippen LogP) is 1.46. The molecular weight excluding hydrogens is 187 g/mol. The summed E-state index contributed by atoms with van der Waals surface area (Å²) < 4.78 is 21.0. The Balaban J connectivity index is 4.35. The summed E-state index contributed by atoms with van der Waals surface area (Å²) in [6.45, 7) is 1.29. The van der Waals surface area contributed by atoms with E-state index in [9.17, 15) is 4.57 Å². The lowest BCUT2D eigenvalue weighted by atomic mass is 10.8. The fourth-order valence-electron chi connectivity index (χ4n) is 0.483. The maximum Gasteiger partial charge on any atom is 0.407 e. The van der Waals surface area contributed by atoms with Gasteiger partial charge in [0.15, 0.2) is 0 Å². The standard InChI is InChI=1S/C9H9O3P/c1-4-7-11-13(10,9-6-3)12-8-5-2/h1-2H,7-8H2,3H3. The lowest BCUT2D eigenvalue weighted by molar-refractivity contribution is 0.253. The fraction of sp³-hybridized carbons (Fsp3) is 0.333. The van der Waals surface area contributed by atoms with E-state index < -0.39 is 7.60 Å². The van der Waals surface area contributed by atoms with Gasteiger partial charge in [0.1, 0.15) is 13.2 Å². The van der Waals surface area contributed by atoms with Gasteiger partial charge in [-0.3, -0.25) is 9.05 Å². The average Bonchev–Trinajstić information content (AvgIpc) is 2.12. The van der Waals surface area contributed by atoms with Crippen LogP contribution in [0.4, 0.5) is 0 Å². The third-order valence-corrected chi connectivity index (χ3v) is 2.32. The Labute approximate surface area is 78.3 Å². The molecule has 0 fully saturated rings. The minimum Gasteiger partial charge on any atom is -0.286 e. The molecule has 0 radical (unpaired) electrons. The van der Waals surface area contributed by atoms with E-state index >= 15 is 0 Å². The second-order valence-corrected chi connectivity index (χ2v) is 3.55. The molecule has 4 heteroatoms. The first kappa shape index (κ1) is 11.8. The first-order valence-corrected chi connectivity index (χ1v) is 4.93. The van der Waals surface area contributed by atoms with E-state index in [2.05, 4.69) is 23.4 Å². The Morgan fingerprint density at radius 1 is 1.23 bits per heavy atom. The number of hydrogen-bond acceptors (Lipinski definition) is 3. The van der Waals surface area contributed by atoms with Crippen LogP contribution < -0.4 is 0 Å². The molecule has 0 spiro atoms. The monoisotopic (exact) mass is 196 g/mol. The Bertz CT molecular complexity index is 313. The van der Waals surface area contributed by atoms with Gasteiger partial charge in [0, 0.05) is 5.66 Å². The van der Waals surface area contributed by atoms with Gasteiger partial charge in [-0.1, -0.05) is 17.8 Å². The summed E-state index contributed by atoms with van der Waals surface area (Å²) in [4.78, 5) is 0.